The van der Waals surface area contributed by atoms with Gasteiger partial charge < -0.3 is 15.0 Å². The molecule has 2 N–H and O–H groups in total. The van der Waals surface area contributed by atoms with Crippen molar-refractivity contribution in [2.75, 3.05) is 5.32 Å². The zero-order valence-electron chi connectivity index (χ0n) is 12.5. The number of imidazole rings is 1. The first-order valence-electron chi connectivity index (χ1n) is 7.14. The van der Waals surface area contributed by atoms with Crippen molar-refractivity contribution in [3.05, 3.63) is 54.4 Å². The van der Waals surface area contributed by atoms with Gasteiger partial charge in [0.25, 0.3) is 5.91 Å². The number of hydrogen-bond acceptors (Lipinski definition) is 3. The zero-order chi connectivity index (χ0) is 15.5. The van der Waals surface area contributed by atoms with Crippen LogP contribution in [0.5, 0.6) is 5.75 Å². The van der Waals surface area contributed by atoms with Crippen LogP contribution in [0.25, 0.3) is 11.0 Å². The van der Waals surface area contributed by atoms with Crippen LogP contribution in [0.2, 0.25) is 0 Å². The molecule has 1 aromatic heterocycles. The van der Waals surface area contributed by atoms with E-state index in [1.165, 1.54) is 0 Å². The monoisotopic (exact) mass is 295 g/mol. The number of aromatic amines is 1. The maximum atomic E-state index is 12.5. The zero-order valence-corrected chi connectivity index (χ0v) is 12.5. The van der Waals surface area contributed by atoms with E-state index in [4.69, 9.17) is 4.74 Å². The lowest BCUT2D eigenvalue weighted by Gasteiger charge is -2.14. The van der Waals surface area contributed by atoms with E-state index in [1.54, 1.807) is 12.4 Å². The lowest BCUT2D eigenvalue weighted by Crippen LogP contribution is -2.14. The van der Waals surface area contributed by atoms with Crippen LogP contribution >= 0.6 is 0 Å². The van der Waals surface area contributed by atoms with Crippen LogP contribution in [0.1, 0.15) is 24.2 Å². The lowest BCUT2D eigenvalue weighted by atomic mass is 10.1. The Kier molecular flexibility index (Phi) is 3.78. The molecular formula is C17H17N3O2. The Bertz CT molecular complexity index is 808. The highest BCUT2D eigenvalue weighted by molar-refractivity contribution is 6.11. The van der Waals surface area contributed by atoms with Gasteiger partial charge in [-0.2, -0.15) is 0 Å². The van der Waals surface area contributed by atoms with E-state index in [0.29, 0.717) is 22.5 Å². The number of fused-ring (bicyclic) bond motifs is 1. The van der Waals surface area contributed by atoms with Gasteiger partial charge in [-0.1, -0.05) is 18.2 Å². The quantitative estimate of drug-likeness (QED) is 0.772. The molecule has 0 aliphatic heterocycles. The summed E-state index contributed by atoms with van der Waals surface area (Å²) < 4.78 is 5.72. The molecule has 0 aliphatic carbocycles. The number of nitrogens with zero attached hydrogens (tertiary/aromatic N) is 1. The van der Waals surface area contributed by atoms with Gasteiger partial charge in [-0.3, -0.25) is 4.79 Å². The highest BCUT2D eigenvalue weighted by atomic mass is 16.5. The molecule has 0 saturated heterocycles. The molecule has 0 fully saturated rings. The minimum Gasteiger partial charge on any atom is -0.489 e. The Morgan fingerprint density at radius 2 is 2.00 bits per heavy atom. The van der Waals surface area contributed by atoms with E-state index < -0.39 is 0 Å². The van der Waals surface area contributed by atoms with Gasteiger partial charge in [0.05, 0.1) is 29.2 Å². The molecule has 5 nitrogen and oxygen atoms in total. The van der Waals surface area contributed by atoms with Gasteiger partial charge in [0.1, 0.15) is 11.3 Å². The van der Waals surface area contributed by atoms with Crippen LogP contribution in [0.15, 0.2) is 48.8 Å². The second kappa shape index (κ2) is 5.89. The molecular weight excluding hydrogens is 278 g/mol. The van der Waals surface area contributed by atoms with Crippen molar-refractivity contribution >= 4 is 22.6 Å². The third-order valence-corrected chi connectivity index (χ3v) is 3.19. The maximum Gasteiger partial charge on any atom is 0.258 e. The van der Waals surface area contributed by atoms with Gasteiger partial charge in [-0.15, -0.1) is 0 Å². The summed E-state index contributed by atoms with van der Waals surface area (Å²) in [5.41, 5.74) is 2.66. The molecule has 112 valence electrons. The van der Waals surface area contributed by atoms with Gasteiger partial charge in [0, 0.05) is 0 Å². The fraction of sp³-hybridized carbons (Fsp3) is 0.176. The van der Waals surface area contributed by atoms with E-state index >= 15 is 0 Å². The summed E-state index contributed by atoms with van der Waals surface area (Å²) in [6.45, 7) is 3.89. The van der Waals surface area contributed by atoms with Crippen molar-refractivity contribution in [3.63, 3.8) is 0 Å². The van der Waals surface area contributed by atoms with Gasteiger partial charge in [0.2, 0.25) is 0 Å². The number of amides is 1. The first kappa shape index (κ1) is 14.1. The second-order valence-electron chi connectivity index (χ2n) is 5.22. The van der Waals surface area contributed by atoms with Gasteiger partial charge >= 0.3 is 0 Å². The van der Waals surface area contributed by atoms with E-state index in [2.05, 4.69) is 15.3 Å². The molecule has 0 radical (unpaired) electrons. The molecule has 1 amide bonds. The molecule has 22 heavy (non-hydrogen) atoms. The molecule has 0 spiro atoms. The molecule has 0 aliphatic rings. The van der Waals surface area contributed by atoms with Gasteiger partial charge in [-0.25, -0.2) is 4.98 Å². The number of aromatic nitrogens is 2. The average molecular weight is 295 g/mol. The first-order valence-corrected chi connectivity index (χ1v) is 7.14. The summed E-state index contributed by atoms with van der Waals surface area (Å²) in [5.74, 6) is 0.442. The smallest absolute Gasteiger partial charge is 0.258 e. The number of rotatable bonds is 4. The minimum absolute atomic E-state index is 0.0350. The fourth-order valence-corrected chi connectivity index (χ4v) is 2.26. The van der Waals surface area contributed by atoms with E-state index in [1.807, 2.05) is 50.2 Å². The van der Waals surface area contributed by atoms with Crippen LogP contribution in [0.4, 0.5) is 5.69 Å². The van der Waals surface area contributed by atoms with Crippen LogP contribution in [0.3, 0.4) is 0 Å². The predicted molar refractivity (Wildman–Crippen MR) is 86.3 cm³/mol. The summed E-state index contributed by atoms with van der Waals surface area (Å²) >= 11 is 0. The lowest BCUT2D eigenvalue weighted by molar-refractivity contribution is 0.102. The van der Waals surface area contributed by atoms with E-state index in [0.717, 1.165) is 5.52 Å². The number of anilines is 1. The van der Waals surface area contributed by atoms with Gasteiger partial charge in [-0.05, 0) is 38.1 Å². The van der Waals surface area contributed by atoms with Crippen molar-refractivity contribution < 1.29 is 9.53 Å². The van der Waals surface area contributed by atoms with Crippen molar-refractivity contribution in [1.82, 2.24) is 9.97 Å². The number of carbonyl (C=O) groups excluding carboxylic acids is 1. The summed E-state index contributed by atoms with van der Waals surface area (Å²) in [7, 11) is 0. The SMILES string of the molecule is CC(C)Oc1ccccc1NC(=O)c1cccc2[nH]cnc12. The second-order valence-corrected chi connectivity index (χ2v) is 5.22. The number of para-hydroxylation sites is 3. The van der Waals surface area contributed by atoms with Crippen LogP contribution < -0.4 is 10.1 Å². The summed E-state index contributed by atoms with van der Waals surface area (Å²) in [6.07, 6.45) is 1.62. The molecule has 0 bridgehead atoms. The topological polar surface area (TPSA) is 67.0 Å². The molecule has 5 heteroatoms. The third-order valence-electron chi connectivity index (χ3n) is 3.19. The Morgan fingerprint density at radius 3 is 2.82 bits per heavy atom. The molecule has 1 heterocycles. The van der Waals surface area contributed by atoms with Crippen LogP contribution in [0, 0.1) is 0 Å². The summed E-state index contributed by atoms with van der Waals surface area (Å²) in [4.78, 5) is 19.7. The maximum absolute atomic E-state index is 12.5. The molecule has 0 unspecified atom stereocenters. The Hall–Kier alpha value is -2.82. The fourth-order valence-electron chi connectivity index (χ4n) is 2.26. The Labute approximate surface area is 128 Å². The van der Waals surface area contributed by atoms with Crippen LogP contribution in [-0.2, 0) is 0 Å². The molecule has 3 aromatic rings. The highest BCUT2D eigenvalue weighted by Gasteiger charge is 2.14. The largest absolute Gasteiger partial charge is 0.489 e. The Balaban J connectivity index is 1.90. The van der Waals surface area contributed by atoms with Gasteiger partial charge in [0.15, 0.2) is 0 Å². The number of benzene rings is 2. The Morgan fingerprint density at radius 1 is 1.18 bits per heavy atom. The molecule has 3 rings (SSSR count). The molecule has 0 saturated carbocycles. The molecule has 0 atom stereocenters. The minimum atomic E-state index is -0.211. The predicted octanol–water partition coefficient (Wildman–Crippen LogP) is 3.60. The number of hydrogen-bond donors (Lipinski definition) is 2. The van der Waals surface area contributed by atoms with Crippen molar-refractivity contribution in [3.8, 4) is 5.75 Å². The van der Waals surface area contributed by atoms with Crippen molar-refractivity contribution in [2.45, 2.75) is 20.0 Å². The van der Waals surface area contributed by atoms with E-state index in [-0.39, 0.29) is 12.0 Å². The third kappa shape index (κ3) is 2.79. The number of H-pyrrole nitrogens is 1. The first-order chi connectivity index (χ1) is 10.6. The summed E-state index contributed by atoms with van der Waals surface area (Å²) in [5, 5.41) is 2.90. The number of carbonyl (C=O) groups is 1. The average Bonchev–Trinajstić information content (AvgIpc) is 2.97. The van der Waals surface area contributed by atoms with E-state index in [9.17, 15) is 4.79 Å². The molecule has 2 aromatic carbocycles. The highest BCUT2D eigenvalue weighted by Crippen LogP contribution is 2.26. The normalized spacial score (nSPS) is 10.9. The standard InChI is InChI=1S/C17H17N3O2/c1-11(2)22-15-9-4-3-7-13(15)20-17(21)12-6-5-8-14-16(12)19-10-18-14/h3-11H,1-2H3,(H,18,19)(H,20,21). The summed E-state index contributed by atoms with van der Waals surface area (Å²) in [6, 6.07) is 12.9. The van der Waals surface area contributed by atoms with Crippen LogP contribution in [-0.4, -0.2) is 22.0 Å². The van der Waals surface area contributed by atoms with Crippen molar-refractivity contribution in [2.24, 2.45) is 0 Å². The number of ether oxygens (including phenoxy) is 1. The number of nitrogens with one attached hydrogen (secondary N) is 2. The van der Waals surface area contributed by atoms with Crippen molar-refractivity contribution in [1.29, 1.82) is 0 Å².